The average molecular weight is 233 g/mol. The van der Waals surface area contributed by atoms with Crippen LogP contribution in [-0.4, -0.2) is 35.8 Å². The Bertz CT molecular complexity index is 131. The fraction of sp³-hybridized carbons (Fsp3) is 1.00. The van der Waals surface area contributed by atoms with Crippen molar-refractivity contribution in [1.29, 1.82) is 0 Å². The van der Waals surface area contributed by atoms with Gasteiger partial charge in [0.1, 0.15) is 0 Å². The molecule has 0 aliphatic rings. The van der Waals surface area contributed by atoms with Gasteiger partial charge in [0.15, 0.2) is 0 Å². The third kappa shape index (κ3) is 12.2. The van der Waals surface area contributed by atoms with Gasteiger partial charge in [-0.15, -0.1) is 0 Å². The summed E-state index contributed by atoms with van der Waals surface area (Å²) in [6.45, 7) is 8.15. The van der Waals surface area contributed by atoms with Crippen molar-refractivity contribution in [2.75, 3.05) is 24.7 Å². The van der Waals surface area contributed by atoms with Crippen LogP contribution in [0.25, 0.3) is 0 Å². The molecule has 0 bridgehead atoms. The van der Waals surface area contributed by atoms with E-state index in [-0.39, 0.29) is 0 Å². The molecule has 0 radical (unpaired) electrons. The molecular weight excluding hydrogens is 206 g/mol. The van der Waals surface area contributed by atoms with Gasteiger partial charge < -0.3 is 10.4 Å². The lowest BCUT2D eigenvalue weighted by Crippen LogP contribution is -2.27. The molecule has 15 heavy (non-hydrogen) atoms. The summed E-state index contributed by atoms with van der Waals surface area (Å²) >= 11 is 2.05. The molecule has 3 heteroatoms. The predicted octanol–water partition coefficient (Wildman–Crippen LogP) is 2.52. The fourth-order valence-corrected chi connectivity index (χ4v) is 2.33. The lowest BCUT2D eigenvalue weighted by molar-refractivity contribution is 0.276. The first-order valence-corrected chi connectivity index (χ1v) is 7.24. The van der Waals surface area contributed by atoms with Gasteiger partial charge in [-0.25, -0.2) is 0 Å². The van der Waals surface area contributed by atoms with E-state index in [0.717, 1.165) is 25.3 Å². The zero-order valence-electron chi connectivity index (χ0n) is 10.5. The lowest BCUT2D eigenvalue weighted by Gasteiger charge is -2.12. The summed E-state index contributed by atoms with van der Waals surface area (Å²) < 4.78 is 0. The van der Waals surface area contributed by atoms with Crippen molar-refractivity contribution in [2.24, 2.45) is 5.92 Å². The van der Waals surface area contributed by atoms with Crippen molar-refractivity contribution < 1.29 is 5.11 Å². The van der Waals surface area contributed by atoms with Crippen LogP contribution in [0.3, 0.4) is 0 Å². The van der Waals surface area contributed by atoms with Gasteiger partial charge in [0.2, 0.25) is 0 Å². The number of rotatable bonds is 10. The standard InChI is InChI=1S/C12H27NOS/c1-11(2)10-15-9-5-7-13-12(3)6-4-8-14/h11-14H,4-10H2,1-3H3. The molecule has 0 aromatic rings. The zero-order chi connectivity index (χ0) is 11.5. The van der Waals surface area contributed by atoms with E-state index in [9.17, 15) is 0 Å². The quantitative estimate of drug-likeness (QED) is 0.569. The van der Waals surface area contributed by atoms with Gasteiger partial charge in [0.25, 0.3) is 0 Å². The number of aliphatic hydroxyl groups is 1. The highest BCUT2D eigenvalue weighted by molar-refractivity contribution is 7.99. The third-order valence-corrected chi connectivity index (χ3v) is 3.68. The second kappa shape index (κ2) is 10.8. The minimum absolute atomic E-state index is 0.316. The highest BCUT2D eigenvalue weighted by Gasteiger charge is 2.00. The van der Waals surface area contributed by atoms with Crippen LogP contribution < -0.4 is 5.32 Å². The normalized spacial score (nSPS) is 13.4. The molecule has 92 valence electrons. The van der Waals surface area contributed by atoms with Crippen molar-refractivity contribution in [1.82, 2.24) is 5.32 Å². The highest BCUT2D eigenvalue weighted by Crippen LogP contribution is 2.08. The maximum Gasteiger partial charge on any atom is 0.0431 e. The van der Waals surface area contributed by atoms with Crippen molar-refractivity contribution in [3.63, 3.8) is 0 Å². The molecule has 0 aliphatic carbocycles. The molecule has 0 aromatic heterocycles. The van der Waals surface area contributed by atoms with Gasteiger partial charge in [0.05, 0.1) is 0 Å². The molecular formula is C12H27NOS. The molecule has 1 atom stereocenters. The lowest BCUT2D eigenvalue weighted by atomic mass is 10.2. The first kappa shape index (κ1) is 15.3. The Kier molecular flexibility index (Phi) is 11.0. The Morgan fingerprint density at radius 1 is 1.20 bits per heavy atom. The van der Waals surface area contributed by atoms with Crippen LogP contribution in [0.2, 0.25) is 0 Å². The van der Waals surface area contributed by atoms with E-state index >= 15 is 0 Å². The van der Waals surface area contributed by atoms with Crippen LogP contribution in [0.4, 0.5) is 0 Å². The molecule has 0 rings (SSSR count). The molecule has 2 N–H and O–H groups in total. The van der Waals surface area contributed by atoms with Crippen LogP contribution in [0.1, 0.15) is 40.0 Å². The van der Waals surface area contributed by atoms with Crippen LogP contribution in [0, 0.1) is 5.92 Å². The van der Waals surface area contributed by atoms with E-state index in [2.05, 4.69) is 37.8 Å². The Morgan fingerprint density at radius 3 is 2.53 bits per heavy atom. The SMILES string of the molecule is CC(C)CSCCCNC(C)CCCO. The molecule has 0 fully saturated rings. The molecule has 0 heterocycles. The summed E-state index contributed by atoms with van der Waals surface area (Å²) in [7, 11) is 0. The molecule has 0 aromatic carbocycles. The van der Waals surface area contributed by atoms with E-state index in [1.807, 2.05) is 0 Å². The Hall–Kier alpha value is 0.270. The summed E-state index contributed by atoms with van der Waals surface area (Å²) in [6, 6.07) is 0.548. The van der Waals surface area contributed by atoms with E-state index in [1.54, 1.807) is 0 Å². The van der Waals surface area contributed by atoms with Gasteiger partial charge in [-0.2, -0.15) is 11.8 Å². The molecule has 0 spiro atoms. The maximum atomic E-state index is 8.68. The number of thioether (sulfide) groups is 1. The zero-order valence-corrected chi connectivity index (χ0v) is 11.3. The Balaban J connectivity index is 3.09. The Labute approximate surface area is 99.2 Å². The topological polar surface area (TPSA) is 32.3 Å². The largest absolute Gasteiger partial charge is 0.396 e. The van der Waals surface area contributed by atoms with E-state index in [0.29, 0.717) is 12.6 Å². The third-order valence-electron chi connectivity index (χ3n) is 2.20. The molecule has 0 aliphatic heterocycles. The average Bonchev–Trinajstić information content (AvgIpc) is 2.19. The van der Waals surface area contributed by atoms with Crippen LogP contribution in [0.15, 0.2) is 0 Å². The van der Waals surface area contributed by atoms with Crippen molar-refractivity contribution >= 4 is 11.8 Å². The number of hydrogen-bond donors (Lipinski definition) is 2. The minimum Gasteiger partial charge on any atom is -0.396 e. The fourth-order valence-electron chi connectivity index (χ4n) is 1.34. The van der Waals surface area contributed by atoms with Crippen LogP contribution in [-0.2, 0) is 0 Å². The van der Waals surface area contributed by atoms with E-state index in [4.69, 9.17) is 5.11 Å². The van der Waals surface area contributed by atoms with Crippen LogP contribution >= 0.6 is 11.8 Å². The smallest absolute Gasteiger partial charge is 0.0431 e. The maximum absolute atomic E-state index is 8.68. The molecule has 2 nitrogen and oxygen atoms in total. The minimum atomic E-state index is 0.316. The predicted molar refractivity (Wildman–Crippen MR) is 70.6 cm³/mol. The van der Waals surface area contributed by atoms with E-state index in [1.165, 1.54) is 17.9 Å². The monoisotopic (exact) mass is 233 g/mol. The van der Waals surface area contributed by atoms with Gasteiger partial charge in [-0.05, 0) is 50.2 Å². The summed E-state index contributed by atoms with van der Waals surface area (Å²) in [6.07, 6.45) is 3.24. The van der Waals surface area contributed by atoms with Crippen molar-refractivity contribution in [3.05, 3.63) is 0 Å². The summed E-state index contributed by atoms with van der Waals surface area (Å²) in [5.41, 5.74) is 0. The summed E-state index contributed by atoms with van der Waals surface area (Å²) in [4.78, 5) is 0. The van der Waals surface area contributed by atoms with Gasteiger partial charge in [-0.3, -0.25) is 0 Å². The number of aliphatic hydroxyl groups excluding tert-OH is 1. The summed E-state index contributed by atoms with van der Waals surface area (Å²) in [5, 5.41) is 12.2. The molecule has 0 saturated carbocycles. The highest BCUT2D eigenvalue weighted by atomic mass is 32.2. The number of nitrogens with one attached hydrogen (secondary N) is 1. The second-order valence-corrected chi connectivity index (χ2v) is 5.69. The second-order valence-electron chi connectivity index (χ2n) is 4.54. The summed E-state index contributed by atoms with van der Waals surface area (Å²) in [5.74, 6) is 3.35. The van der Waals surface area contributed by atoms with Gasteiger partial charge >= 0.3 is 0 Å². The van der Waals surface area contributed by atoms with Gasteiger partial charge in [-0.1, -0.05) is 13.8 Å². The first-order chi connectivity index (χ1) is 7.16. The van der Waals surface area contributed by atoms with Crippen molar-refractivity contribution in [3.8, 4) is 0 Å². The molecule has 0 amide bonds. The number of hydrogen-bond acceptors (Lipinski definition) is 3. The van der Waals surface area contributed by atoms with Crippen LogP contribution in [0.5, 0.6) is 0 Å². The van der Waals surface area contributed by atoms with Crippen molar-refractivity contribution in [2.45, 2.75) is 46.1 Å². The van der Waals surface area contributed by atoms with Gasteiger partial charge in [0, 0.05) is 12.6 Å². The van der Waals surface area contributed by atoms with E-state index < -0.39 is 0 Å². The first-order valence-electron chi connectivity index (χ1n) is 6.08. The Morgan fingerprint density at radius 2 is 1.93 bits per heavy atom. The molecule has 0 saturated heterocycles. The molecule has 1 unspecified atom stereocenters.